The third-order valence-electron chi connectivity index (χ3n) is 3.37. The fourth-order valence-corrected chi connectivity index (χ4v) is 2.22. The molecule has 1 amide bonds. The summed E-state index contributed by atoms with van der Waals surface area (Å²) in [6, 6.07) is 3.95. The Morgan fingerprint density at radius 2 is 1.65 bits per heavy atom. The smallest absolute Gasteiger partial charge is 0.239 e. The Morgan fingerprint density at radius 1 is 1.15 bits per heavy atom. The molecule has 1 rings (SSSR count). The first kappa shape index (κ1) is 16.3. The van der Waals surface area contributed by atoms with Crippen LogP contribution in [0.3, 0.4) is 0 Å². The van der Waals surface area contributed by atoms with E-state index in [2.05, 4.69) is 5.32 Å². The molecule has 5 heteroatoms. The molecule has 0 aliphatic rings. The predicted octanol–water partition coefficient (Wildman–Crippen LogP) is 2.01. The number of carbonyl (C=O) groups is 1. The molecule has 2 unspecified atom stereocenters. The molecule has 2 atom stereocenters. The van der Waals surface area contributed by atoms with Crippen LogP contribution in [0, 0.1) is 0 Å². The van der Waals surface area contributed by atoms with E-state index < -0.39 is 0 Å². The molecule has 0 saturated heterocycles. The number of aromatic hydroxyl groups is 2. The predicted molar refractivity (Wildman–Crippen MR) is 78.7 cm³/mol. The molecule has 0 spiro atoms. The lowest BCUT2D eigenvalue weighted by atomic mass is 10.1. The zero-order chi connectivity index (χ0) is 15.3. The van der Waals surface area contributed by atoms with E-state index in [1.54, 1.807) is 17.0 Å². The first-order valence-corrected chi connectivity index (χ1v) is 6.96. The van der Waals surface area contributed by atoms with Crippen molar-refractivity contribution in [1.82, 2.24) is 10.2 Å². The number of carbonyl (C=O) groups excluding carboxylic acids is 1. The van der Waals surface area contributed by atoms with Crippen LogP contribution in [-0.2, 0) is 4.79 Å². The van der Waals surface area contributed by atoms with Crippen LogP contribution in [0.15, 0.2) is 18.2 Å². The highest BCUT2D eigenvalue weighted by molar-refractivity contribution is 5.81. The molecule has 0 radical (unpaired) electrons. The summed E-state index contributed by atoms with van der Waals surface area (Å²) in [7, 11) is 0. The largest absolute Gasteiger partial charge is 0.508 e. The van der Waals surface area contributed by atoms with Crippen molar-refractivity contribution in [3.63, 3.8) is 0 Å². The number of phenolic OH excluding ortho intramolecular Hbond substituents is 2. The molecule has 5 nitrogen and oxygen atoms in total. The van der Waals surface area contributed by atoms with Gasteiger partial charge in [-0.3, -0.25) is 10.1 Å². The van der Waals surface area contributed by atoms with E-state index in [0.717, 1.165) is 5.56 Å². The van der Waals surface area contributed by atoms with E-state index in [-0.39, 0.29) is 29.5 Å². The molecule has 0 aliphatic heterocycles. The second-order valence-electron chi connectivity index (χ2n) is 4.90. The average Bonchev–Trinajstić information content (AvgIpc) is 2.38. The minimum atomic E-state index is -0.325. The number of nitrogens with zero attached hydrogens (tertiary/aromatic N) is 1. The van der Waals surface area contributed by atoms with Crippen molar-refractivity contribution in [2.45, 2.75) is 39.8 Å². The van der Waals surface area contributed by atoms with Crippen LogP contribution in [0.2, 0.25) is 0 Å². The summed E-state index contributed by atoms with van der Waals surface area (Å²) in [5.74, 6) is 0.0685. The third-order valence-corrected chi connectivity index (χ3v) is 3.37. The van der Waals surface area contributed by atoms with E-state index in [1.807, 2.05) is 27.7 Å². The Hall–Kier alpha value is -1.75. The molecule has 0 aliphatic carbocycles. The van der Waals surface area contributed by atoms with Crippen LogP contribution in [0.5, 0.6) is 11.5 Å². The van der Waals surface area contributed by atoms with Crippen molar-refractivity contribution in [2.24, 2.45) is 0 Å². The van der Waals surface area contributed by atoms with Gasteiger partial charge in [0, 0.05) is 25.2 Å². The molecule has 0 saturated carbocycles. The first-order valence-electron chi connectivity index (χ1n) is 6.96. The minimum Gasteiger partial charge on any atom is -0.508 e. The molecular weight excluding hydrogens is 256 g/mol. The fraction of sp³-hybridized carbons (Fsp3) is 0.533. The molecular formula is C15H24N2O3. The van der Waals surface area contributed by atoms with Gasteiger partial charge in [0.1, 0.15) is 11.5 Å². The number of hydrogen-bond donors (Lipinski definition) is 3. The lowest BCUT2D eigenvalue weighted by Gasteiger charge is -2.26. The van der Waals surface area contributed by atoms with Gasteiger partial charge in [-0.1, -0.05) is 0 Å². The quantitative estimate of drug-likeness (QED) is 0.745. The number of rotatable bonds is 6. The van der Waals surface area contributed by atoms with Gasteiger partial charge in [0.25, 0.3) is 0 Å². The van der Waals surface area contributed by atoms with Gasteiger partial charge in [0.15, 0.2) is 0 Å². The Bertz CT molecular complexity index is 438. The van der Waals surface area contributed by atoms with E-state index in [0.29, 0.717) is 13.1 Å². The maximum atomic E-state index is 12.2. The summed E-state index contributed by atoms with van der Waals surface area (Å²) in [6.07, 6.45) is 0. The molecule has 0 aromatic heterocycles. The van der Waals surface area contributed by atoms with Gasteiger partial charge in [0.05, 0.1) is 6.04 Å². The average molecular weight is 280 g/mol. The highest BCUT2D eigenvalue weighted by Crippen LogP contribution is 2.25. The van der Waals surface area contributed by atoms with Gasteiger partial charge < -0.3 is 15.1 Å². The molecule has 0 heterocycles. The Balaban J connectivity index is 2.74. The van der Waals surface area contributed by atoms with Crippen LogP contribution in [0.1, 0.15) is 39.3 Å². The second-order valence-corrected chi connectivity index (χ2v) is 4.90. The van der Waals surface area contributed by atoms with Gasteiger partial charge in [0.2, 0.25) is 5.91 Å². The molecule has 0 fully saturated rings. The Morgan fingerprint density at radius 3 is 2.10 bits per heavy atom. The van der Waals surface area contributed by atoms with E-state index >= 15 is 0 Å². The number of phenols is 2. The number of amides is 1. The van der Waals surface area contributed by atoms with Crippen molar-refractivity contribution in [3.8, 4) is 11.5 Å². The van der Waals surface area contributed by atoms with Crippen molar-refractivity contribution < 1.29 is 15.0 Å². The molecule has 1 aromatic carbocycles. The summed E-state index contributed by atoms with van der Waals surface area (Å²) >= 11 is 0. The lowest BCUT2D eigenvalue weighted by molar-refractivity contribution is -0.132. The molecule has 1 aromatic rings. The van der Waals surface area contributed by atoms with Crippen molar-refractivity contribution in [3.05, 3.63) is 23.8 Å². The number of hydrogen-bond acceptors (Lipinski definition) is 4. The maximum absolute atomic E-state index is 12.2. The molecule has 20 heavy (non-hydrogen) atoms. The Labute approximate surface area is 120 Å². The van der Waals surface area contributed by atoms with E-state index in [4.69, 9.17) is 0 Å². The fourth-order valence-electron chi connectivity index (χ4n) is 2.22. The summed E-state index contributed by atoms with van der Waals surface area (Å²) < 4.78 is 0. The molecule has 3 N–H and O–H groups in total. The van der Waals surface area contributed by atoms with Crippen LogP contribution >= 0.6 is 0 Å². The van der Waals surface area contributed by atoms with Gasteiger partial charge >= 0.3 is 0 Å². The zero-order valence-corrected chi connectivity index (χ0v) is 12.6. The van der Waals surface area contributed by atoms with Crippen LogP contribution in [-0.4, -0.2) is 40.2 Å². The van der Waals surface area contributed by atoms with E-state index in [1.165, 1.54) is 6.07 Å². The van der Waals surface area contributed by atoms with Gasteiger partial charge in [-0.25, -0.2) is 0 Å². The van der Waals surface area contributed by atoms with Gasteiger partial charge in [-0.2, -0.15) is 0 Å². The standard InChI is InChI=1S/C15H24N2O3/c1-5-17(6-2)15(20)11(4)16-10(3)12-7-13(18)9-14(19)8-12/h7-11,16,18-19H,5-6H2,1-4H3. The highest BCUT2D eigenvalue weighted by atomic mass is 16.3. The van der Waals surface area contributed by atoms with Crippen molar-refractivity contribution >= 4 is 5.91 Å². The Kier molecular flexibility index (Phi) is 5.82. The lowest BCUT2D eigenvalue weighted by Crippen LogP contribution is -2.45. The summed E-state index contributed by atoms with van der Waals surface area (Å²) in [4.78, 5) is 13.9. The number of nitrogens with one attached hydrogen (secondary N) is 1. The maximum Gasteiger partial charge on any atom is 0.239 e. The number of likely N-dealkylation sites (N-methyl/N-ethyl adjacent to an activating group) is 1. The van der Waals surface area contributed by atoms with Gasteiger partial charge in [-0.05, 0) is 45.4 Å². The summed E-state index contributed by atoms with van der Waals surface area (Å²) in [5, 5.41) is 22.2. The normalized spacial score (nSPS) is 13.8. The summed E-state index contributed by atoms with van der Waals surface area (Å²) in [6.45, 7) is 8.97. The zero-order valence-electron chi connectivity index (χ0n) is 12.6. The first-order chi connectivity index (χ1) is 9.38. The van der Waals surface area contributed by atoms with Crippen LogP contribution in [0.4, 0.5) is 0 Å². The topological polar surface area (TPSA) is 72.8 Å². The van der Waals surface area contributed by atoms with Gasteiger partial charge in [-0.15, -0.1) is 0 Å². The third kappa shape index (κ3) is 4.13. The molecule has 112 valence electrons. The SMILES string of the molecule is CCN(CC)C(=O)C(C)NC(C)c1cc(O)cc(O)c1. The monoisotopic (exact) mass is 280 g/mol. The van der Waals surface area contributed by atoms with E-state index in [9.17, 15) is 15.0 Å². The second kappa shape index (κ2) is 7.14. The highest BCUT2D eigenvalue weighted by Gasteiger charge is 2.20. The van der Waals surface area contributed by atoms with Crippen molar-refractivity contribution in [1.29, 1.82) is 0 Å². The van der Waals surface area contributed by atoms with Crippen LogP contribution in [0.25, 0.3) is 0 Å². The summed E-state index contributed by atoms with van der Waals surface area (Å²) in [5.41, 5.74) is 0.738. The number of benzene rings is 1. The minimum absolute atomic E-state index is 0.0105. The molecule has 0 bridgehead atoms. The van der Waals surface area contributed by atoms with Crippen LogP contribution < -0.4 is 5.32 Å². The van der Waals surface area contributed by atoms with Crippen molar-refractivity contribution in [2.75, 3.05) is 13.1 Å².